The summed E-state index contributed by atoms with van der Waals surface area (Å²) in [6.45, 7) is 3.49. The predicted molar refractivity (Wildman–Crippen MR) is 41.8 cm³/mol. The normalized spacial score (nSPS) is 38.5. The molecule has 3 aliphatic rings. The molecular formula is C8H13N2OW+. The van der Waals surface area contributed by atoms with Crippen LogP contribution in [0.1, 0.15) is 12.8 Å². The van der Waals surface area contributed by atoms with Crippen LogP contribution in [0.5, 0.6) is 0 Å². The average Bonchev–Trinajstić information content (AvgIpc) is 2.07. The molecule has 3 fully saturated rings. The molecule has 0 saturated carbocycles. The van der Waals surface area contributed by atoms with E-state index >= 15 is 0 Å². The van der Waals surface area contributed by atoms with Crippen LogP contribution in [0.4, 0.5) is 0 Å². The SMILES string of the molecule is O=[C-]NC1CN2CCC1CC2.[W+2]. The van der Waals surface area contributed by atoms with Gasteiger partial charge in [-0.25, -0.2) is 0 Å². The van der Waals surface area contributed by atoms with Crippen LogP contribution in [0.3, 0.4) is 0 Å². The minimum Gasteiger partial charge on any atom is -0.526 e. The summed E-state index contributed by atoms with van der Waals surface area (Å²) in [5, 5.41) is 2.77. The smallest absolute Gasteiger partial charge is 0.526 e. The zero-order chi connectivity index (χ0) is 7.68. The molecule has 0 aromatic carbocycles. The zero-order valence-electron chi connectivity index (χ0n) is 6.95. The van der Waals surface area contributed by atoms with Crippen LogP contribution in [0.2, 0.25) is 0 Å². The molecule has 1 N–H and O–H groups in total. The Morgan fingerprint density at radius 3 is 2.42 bits per heavy atom. The van der Waals surface area contributed by atoms with Crippen LogP contribution < -0.4 is 5.32 Å². The second kappa shape index (κ2) is 4.38. The van der Waals surface area contributed by atoms with E-state index in [1.165, 1.54) is 25.9 Å². The fourth-order valence-corrected chi connectivity index (χ4v) is 2.20. The fraction of sp³-hybridized carbons (Fsp3) is 0.875. The van der Waals surface area contributed by atoms with Crippen LogP contribution in [0, 0.1) is 5.92 Å². The van der Waals surface area contributed by atoms with Crippen molar-refractivity contribution in [2.75, 3.05) is 19.6 Å². The maximum atomic E-state index is 10.1. The summed E-state index contributed by atoms with van der Waals surface area (Å²) in [6.07, 6.45) is 4.29. The molecule has 3 aliphatic heterocycles. The molecule has 0 spiro atoms. The first-order valence-corrected chi connectivity index (χ1v) is 4.25. The zero-order valence-corrected chi connectivity index (χ0v) is 9.89. The number of nitrogens with one attached hydrogen (secondary N) is 1. The van der Waals surface area contributed by atoms with Gasteiger partial charge in [0, 0.05) is 12.6 Å². The molecule has 3 saturated heterocycles. The summed E-state index contributed by atoms with van der Waals surface area (Å²) < 4.78 is 0. The van der Waals surface area contributed by atoms with Gasteiger partial charge in [-0.1, -0.05) is 0 Å². The van der Waals surface area contributed by atoms with E-state index in [1.54, 1.807) is 6.41 Å². The minimum absolute atomic E-state index is 0. The number of nitrogens with zero attached hydrogens (tertiary/aromatic N) is 1. The molecule has 66 valence electrons. The third-order valence-electron chi connectivity index (χ3n) is 2.90. The third-order valence-corrected chi connectivity index (χ3v) is 2.90. The van der Waals surface area contributed by atoms with E-state index in [-0.39, 0.29) is 21.1 Å². The number of carbonyl (C=O) groups excluding carboxylic acids is 1. The second-order valence-electron chi connectivity index (χ2n) is 3.49. The predicted octanol–water partition coefficient (Wildman–Crippen LogP) is -0.265. The van der Waals surface area contributed by atoms with Gasteiger partial charge in [-0.05, 0) is 31.8 Å². The van der Waals surface area contributed by atoms with Crippen LogP contribution in [-0.4, -0.2) is 37.0 Å². The van der Waals surface area contributed by atoms with Gasteiger partial charge < -0.3 is 15.0 Å². The summed E-state index contributed by atoms with van der Waals surface area (Å²) >= 11 is 0. The Bertz CT molecular complexity index is 157. The standard InChI is InChI=1S/C8H13N2O.W/c11-6-9-8-5-10-3-1-7(8)2-4-10;/h7-8H,1-5H2,(H,9,11);/q-1;+2. The molecular weight excluding hydrogens is 324 g/mol. The molecule has 4 heteroatoms. The van der Waals surface area contributed by atoms with Crippen LogP contribution >= 0.6 is 0 Å². The van der Waals surface area contributed by atoms with Crippen LogP contribution in [0.15, 0.2) is 0 Å². The Kier molecular flexibility index (Phi) is 3.72. The van der Waals surface area contributed by atoms with Crippen molar-refractivity contribution < 1.29 is 25.9 Å². The van der Waals surface area contributed by atoms with Gasteiger partial charge in [0.1, 0.15) is 0 Å². The van der Waals surface area contributed by atoms with Gasteiger partial charge in [0.2, 0.25) is 0 Å². The molecule has 0 aliphatic carbocycles. The quantitative estimate of drug-likeness (QED) is 0.556. The van der Waals surface area contributed by atoms with Crippen molar-refractivity contribution in [1.82, 2.24) is 10.2 Å². The molecule has 0 aromatic rings. The molecule has 1 unspecified atom stereocenters. The summed E-state index contributed by atoms with van der Waals surface area (Å²) in [5.74, 6) is 0.724. The van der Waals surface area contributed by atoms with Gasteiger partial charge in [-0.15, -0.1) is 0 Å². The van der Waals surface area contributed by atoms with Gasteiger partial charge in [-0.3, -0.25) is 0 Å². The Morgan fingerprint density at radius 1 is 1.33 bits per heavy atom. The Labute approximate surface area is 87.1 Å². The van der Waals surface area contributed by atoms with E-state index in [2.05, 4.69) is 10.2 Å². The average molecular weight is 337 g/mol. The molecule has 0 aromatic heterocycles. The van der Waals surface area contributed by atoms with E-state index in [1.807, 2.05) is 0 Å². The van der Waals surface area contributed by atoms with E-state index in [0.29, 0.717) is 6.04 Å². The Balaban J connectivity index is 0.000000720. The molecule has 1 amide bonds. The van der Waals surface area contributed by atoms with Crippen molar-refractivity contribution in [2.45, 2.75) is 18.9 Å². The van der Waals surface area contributed by atoms with Gasteiger partial charge >= 0.3 is 21.1 Å². The van der Waals surface area contributed by atoms with Crippen LogP contribution in [0.25, 0.3) is 0 Å². The summed E-state index contributed by atoms with van der Waals surface area (Å²) in [4.78, 5) is 12.5. The number of amides is 1. The summed E-state index contributed by atoms with van der Waals surface area (Å²) in [7, 11) is 0. The van der Waals surface area contributed by atoms with E-state index < -0.39 is 0 Å². The van der Waals surface area contributed by atoms with E-state index in [4.69, 9.17) is 0 Å². The number of hydrogen-bond donors (Lipinski definition) is 1. The first kappa shape index (κ1) is 10.2. The van der Waals surface area contributed by atoms with Gasteiger partial charge in [-0.2, -0.15) is 6.41 Å². The van der Waals surface area contributed by atoms with E-state index in [9.17, 15) is 4.79 Å². The summed E-state index contributed by atoms with van der Waals surface area (Å²) in [6, 6.07) is 0.384. The molecule has 3 nitrogen and oxygen atoms in total. The second-order valence-corrected chi connectivity index (χ2v) is 3.49. The number of rotatable bonds is 2. The van der Waals surface area contributed by atoms with Crippen molar-refractivity contribution in [3.05, 3.63) is 0 Å². The molecule has 2 bridgehead atoms. The van der Waals surface area contributed by atoms with Crippen molar-refractivity contribution in [1.29, 1.82) is 0 Å². The maximum absolute atomic E-state index is 10.1. The van der Waals surface area contributed by atoms with Crippen molar-refractivity contribution in [2.24, 2.45) is 5.92 Å². The molecule has 3 rings (SSSR count). The monoisotopic (exact) mass is 337 g/mol. The number of fused-ring (bicyclic) bond motifs is 3. The molecule has 1 atom stereocenters. The van der Waals surface area contributed by atoms with Gasteiger partial charge in [0.15, 0.2) is 0 Å². The van der Waals surface area contributed by atoms with Crippen molar-refractivity contribution >= 4 is 6.41 Å². The van der Waals surface area contributed by atoms with Gasteiger partial charge in [0.25, 0.3) is 0 Å². The first-order chi connectivity index (χ1) is 5.40. The molecule has 12 heavy (non-hydrogen) atoms. The molecule has 0 radical (unpaired) electrons. The van der Waals surface area contributed by atoms with Crippen LogP contribution in [-0.2, 0) is 25.9 Å². The van der Waals surface area contributed by atoms with E-state index in [0.717, 1.165) is 12.5 Å². The largest absolute Gasteiger partial charge is 2.00 e. The third kappa shape index (κ3) is 1.89. The van der Waals surface area contributed by atoms with Crippen molar-refractivity contribution in [3.63, 3.8) is 0 Å². The van der Waals surface area contributed by atoms with Gasteiger partial charge in [0.05, 0.1) is 0 Å². The topological polar surface area (TPSA) is 32.3 Å². The number of piperidine rings is 3. The minimum atomic E-state index is 0. The maximum Gasteiger partial charge on any atom is 2.00 e. The van der Waals surface area contributed by atoms with Crippen molar-refractivity contribution in [3.8, 4) is 0 Å². The summed E-state index contributed by atoms with van der Waals surface area (Å²) in [5.41, 5.74) is 0. The Hall–Kier alpha value is 0.118. The number of hydrogen-bond acceptors (Lipinski definition) is 2. The first-order valence-electron chi connectivity index (χ1n) is 4.25. The Morgan fingerprint density at radius 2 is 2.00 bits per heavy atom. The fourth-order valence-electron chi connectivity index (χ4n) is 2.20. The molecule has 3 heterocycles.